The van der Waals surface area contributed by atoms with Gasteiger partial charge >= 0.3 is 0 Å². The van der Waals surface area contributed by atoms with E-state index in [1.807, 2.05) is 0 Å². The summed E-state index contributed by atoms with van der Waals surface area (Å²) in [5.74, 6) is 4.71. The van der Waals surface area contributed by atoms with Gasteiger partial charge in [-0.1, -0.05) is 40.5 Å². The van der Waals surface area contributed by atoms with Crippen LogP contribution in [0.25, 0.3) is 0 Å². The Morgan fingerprint density at radius 3 is 2.24 bits per heavy atom. The Kier molecular flexibility index (Phi) is 6.54. The van der Waals surface area contributed by atoms with Gasteiger partial charge in [0, 0.05) is 0 Å². The van der Waals surface area contributed by atoms with E-state index in [0.717, 1.165) is 29.6 Å². The molecular weight excluding hydrogens is 206 g/mol. The Morgan fingerprint density at radius 1 is 1.12 bits per heavy atom. The van der Waals surface area contributed by atoms with Gasteiger partial charge in [0.1, 0.15) is 0 Å². The molecule has 1 nitrogen and oxygen atoms in total. The van der Waals surface area contributed by atoms with Crippen molar-refractivity contribution >= 4 is 0 Å². The summed E-state index contributed by atoms with van der Waals surface area (Å²) in [6, 6.07) is 0. The molecule has 1 N–H and O–H groups in total. The molecule has 0 radical (unpaired) electrons. The lowest BCUT2D eigenvalue weighted by atomic mass is 9.65. The fourth-order valence-corrected chi connectivity index (χ4v) is 3.89. The molecular formula is C16H33N. The van der Waals surface area contributed by atoms with Gasteiger partial charge in [0.15, 0.2) is 0 Å². The Bertz CT molecular complexity index is 196. The highest BCUT2D eigenvalue weighted by molar-refractivity contribution is 4.85. The molecule has 0 amide bonds. The Labute approximate surface area is 109 Å². The highest BCUT2D eigenvalue weighted by Crippen LogP contribution is 2.42. The molecule has 3 unspecified atom stereocenters. The van der Waals surface area contributed by atoms with E-state index >= 15 is 0 Å². The summed E-state index contributed by atoms with van der Waals surface area (Å²) in [4.78, 5) is 0. The van der Waals surface area contributed by atoms with E-state index in [0.29, 0.717) is 0 Å². The van der Waals surface area contributed by atoms with Gasteiger partial charge in [0.05, 0.1) is 0 Å². The summed E-state index contributed by atoms with van der Waals surface area (Å²) in [6.45, 7) is 10.8. The van der Waals surface area contributed by atoms with Crippen molar-refractivity contribution in [3.63, 3.8) is 0 Å². The van der Waals surface area contributed by atoms with Crippen LogP contribution >= 0.6 is 0 Å². The van der Waals surface area contributed by atoms with Gasteiger partial charge in [-0.05, 0) is 62.4 Å². The maximum Gasteiger partial charge on any atom is -0.00208 e. The molecule has 0 aliphatic heterocycles. The Morgan fingerprint density at radius 2 is 1.76 bits per heavy atom. The Balaban J connectivity index is 2.67. The maximum atomic E-state index is 3.41. The molecule has 1 rings (SSSR count). The monoisotopic (exact) mass is 239 g/mol. The van der Waals surface area contributed by atoms with Gasteiger partial charge in [-0.25, -0.2) is 0 Å². The van der Waals surface area contributed by atoms with Crippen LogP contribution in [0.1, 0.15) is 59.8 Å². The molecule has 3 atom stereocenters. The number of nitrogens with one attached hydrogen (secondary N) is 1. The molecule has 1 aliphatic rings. The van der Waals surface area contributed by atoms with Gasteiger partial charge in [0.25, 0.3) is 0 Å². The van der Waals surface area contributed by atoms with E-state index in [4.69, 9.17) is 0 Å². The summed E-state index contributed by atoms with van der Waals surface area (Å²) in [5, 5.41) is 3.41. The van der Waals surface area contributed by atoms with E-state index in [9.17, 15) is 0 Å². The molecule has 1 saturated carbocycles. The van der Waals surface area contributed by atoms with Crippen LogP contribution in [0, 0.1) is 29.6 Å². The van der Waals surface area contributed by atoms with Crippen molar-refractivity contribution in [1.82, 2.24) is 5.32 Å². The third kappa shape index (κ3) is 3.98. The smallest absolute Gasteiger partial charge is 0.00208 e. The summed E-state index contributed by atoms with van der Waals surface area (Å²) in [5.41, 5.74) is 0. The second kappa shape index (κ2) is 7.41. The molecule has 0 spiro atoms. The minimum Gasteiger partial charge on any atom is -0.319 e. The van der Waals surface area contributed by atoms with E-state index < -0.39 is 0 Å². The second-order valence-electron chi connectivity index (χ2n) is 6.38. The fraction of sp³-hybridized carbons (Fsp3) is 1.00. The predicted molar refractivity (Wildman–Crippen MR) is 77.2 cm³/mol. The van der Waals surface area contributed by atoms with Crippen LogP contribution in [-0.2, 0) is 0 Å². The van der Waals surface area contributed by atoms with Crippen molar-refractivity contribution in [3.05, 3.63) is 0 Å². The lowest BCUT2D eigenvalue weighted by molar-refractivity contribution is 0.0939. The average Bonchev–Trinajstić information content (AvgIpc) is 2.32. The highest BCUT2D eigenvalue weighted by Gasteiger charge is 2.34. The normalized spacial score (nSPS) is 30.2. The van der Waals surface area contributed by atoms with E-state index in [-0.39, 0.29) is 0 Å². The topological polar surface area (TPSA) is 12.0 Å². The molecule has 1 heteroatoms. The van der Waals surface area contributed by atoms with Crippen LogP contribution in [0.3, 0.4) is 0 Å². The van der Waals surface area contributed by atoms with Crippen LogP contribution in [0.15, 0.2) is 0 Å². The molecule has 0 heterocycles. The van der Waals surface area contributed by atoms with Gasteiger partial charge in [0.2, 0.25) is 0 Å². The zero-order valence-electron chi connectivity index (χ0n) is 12.6. The zero-order valence-corrected chi connectivity index (χ0v) is 12.6. The fourth-order valence-electron chi connectivity index (χ4n) is 3.89. The SMILES string of the molecule is CCC(CC)C1CC(C(C)C)CCC1CNC. The number of hydrogen-bond donors (Lipinski definition) is 1. The van der Waals surface area contributed by atoms with Crippen LogP contribution in [-0.4, -0.2) is 13.6 Å². The minimum atomic E-state index is 0.877. The first-order valence-corrected chi connectivity index (χ1v) is 7.78. The first kappa shape index (κ1) is 15.0. The minimum absolute atomic E-state index is 0.877. The average molecular weight is 239 g/mol. The standard InChI is InChI=1S/C16H33N/c1-6-13(7-2)16-10-14(12(3)4)8-9-15(16)11-17-5/h12-17H,6-11H2,1-5H3. The van der Waals surface area contributed by atoms with E-state index in [1.54, 1.807) is 0 Å². The number of hydrogen-bond acceptors (Lipinski definition) is 1. The largest absolute Gasteiger partial charge is 0.319 e. The summed E-state index contributed by atoms with van der Waals surface area (Å²) in [7, 11) is 2.11. The van der Waals surface area contributed by atoms with Crippen LogP contribution in [0.2, 0.25) is 0 Å². The van der Waals surface area contributed by atoms with Crippen molar-refractivity contribution in [3.8, 4) is 0 Å². The van der Waals surface area contributed by atoms with Crippen LogP contribution in [0.4, 0.5) is 0 Å². The highest BCUT2D eigenvalue weighted by atomic mass is 14.8. The molecule has 1 aliphatic carbocycles. The van der Waals surface area contributed by atoms with Crippen LogP contribution in [0.5, 0.6) is 0 Å². The van der Waals surface area contributed by atoms with Gasteiger partial charge < -0.3 is 5.32 Å². The van der Waals surface area contributed by atoms with E-state index in [2.05, 4.69) is 40.1 Å². The molecule has 0 saturated heterocycles. The molecule has 1 fully saturated rings. The first-order valence-electron chi connectivity index (χ1n) is 7.78. The number of rotatable bonds is 6. The van der Waals surface area contributed by atoms with Crippen LogP contribution < -0.4 is 5.32 Å². The zero-order chi connectivity index (χ0) is 12.8. The van der Waals surface area contributed by atoms with Crippen molar-refractivity contribution < 1.29 is 0 Å². The maximum absolute atomic E-state index is 3.41. The summed E-state index contributed by atoms with van der Waals surface area (Å²) in [6.07, 6.45) is 7.13. The third-order valence-corrected chi connectivity index (χ3v) is 5.15. The van der Waals surface area contributed by atoms with Gasteiger partial charge in [-0.15, -0.1) is 0 Å². The summed E-state index contributed by atoms with van der Waals surface area (Å²) < 4.78 is 0. The molecule has 0 bridgehead atoms. The lowest BCUT2D eigenvalue weighted by Gasteiger charge is -2.41. The second-order valence-corrected chi connectivity index (χ2v) is 6.38. The van der Waals surface area contributed by atoms with Gasteiger partial charge in [-0.3, -0.25) is 0 Å². The predicted octanol–water partition coefficient (Wildman–Crippen LogP) is 4.33. The van der Waals surface area contributed by atoms with Crippen molar-refractivity contribution in [1.29, 1.82) is 0 Å². The lowest BCUT2D eigenvalue weighted by Crippen LogP contribution is -2.36. The molecule has 102 valence electrons. The van der Waals surface area contributed by atoms with Crippen molar-refractivity contribution in [2.24, 2.45) is 29.6 Å². The molecule has 0 aromatic carbocycles. The summed E-state index contributed by atoms with van der Waals surface area (Å²) >= 11 is 0. The van der Waals surface area contributed by atoms with Gasteiger partial charge in [-0.2, -0.15) is 0 Å². The quantitative estimate of drug-likeness (QED) is 0.727. The van der Waals surface area contributed by atoms with Crippen molar-refractivity contribution in [2.45, 2.75) is 59.8 Å². The Hall–Kier alpha value is -0.0400. The molecule has 0 aromatic heterocycles. The first-order chi connectivity index (χ1) is 8.13. The third-order valence-electron chi connectivity index (χ3n) is 5.15. The van der Waals surface area contributed by atoms with Crippen molar-refractivity contribution in [2.75, 3.05) is 13.6 Å². The van der Waals surface area contributed by atoms with E-state index in [1.165, 1.54) is 38.6 Å². The molecule has 17 heavy (non-hydrogen) atoms. The molecule has 0 aromatic rings.